The fourth-order valence-corrected chi connectivity index (χ4v) is 1.67. The Labute approximate surface area is 91.9 Å². The van der Waals surface area contributed by atoms with Crippen LogP contribution in [0.3, 0.4) is 0 Å². The van der Waals surface area contributed by atoms with Crippen molar-refractivity contribution < 1.29 is 22.8 Å². The molecule has 0 N–H and O–H groups in total. The fraction of sp³-hybridized carbons (Fsp3) is 0.667. The topological polar surface area (TPSA) is 54.0 Å². The second-order valence-electron chi connectivity index (χ2n) is 2.71. The summed E-state index contributed by atoms with van der Waals surface area (Å²) in [6.45, 7) is 4.24. The third-order valence-corrected chi connectivity index (χ3v) is 2.87. The van der Waals surface area contributed by atoms with Gasteiger partial charge in [-0.2, -0.15) is 0 Å². The second kappa shape index (κ2) is 9.85. The smallest absolute Gasteiger partial charge is 0.463 e. The van der Waals surface area contributed by atoms with E-state index in [-0.39, 0.29) is 0 Å². The zero-order valence-electron chi connectivity index (χ0n) is 9.23. The first kappa shape index (κ1) is 14.3. The van der Waals surface area contributed by atoms with E-state index in [0.717, 1.165) is 18.9 Å². The highest BCUT2D eigenvalue weighted by Gasteiger charge is 2.09. The van der Waals surface area contributed by atoms with Gasteiger partial charge in [0.05, 0.1) is 6.61 Å². The van der Waals surface area contributed by atoms with E-state index in [1.807, 2.05) is 0 Å². The lowest BCUT2D eigenvalue weighted by atomic mass is 10.3. The Hall–Kier alpha value is -0.693. The summed E-state index contributed by atoms with van der Waals surface area (Å²) in [5.74, 6) is -0.392. The van der Waals surface area contributed by atoms with Crippen LogP contribution in [-0.2, 0) is 22.8 Å². The molecule has 0 saturated heterocycles. The molecule has 0 unspecified atom stereocenters. The summed E-state index contributed by atoms with van der Waals surface area (Å²) in [5, 5.41) is 0. The Bertz CT molecular complexity index is 181. The molecule has 0 bridgehead atoms. The van der Waals surface area contributed by atoms with E-state index in [1.165, 1.54) is 0 Å². The van der Waals surface area contributed by atoms with E-state index >= 15 is 0 Å². The Morgan fingerprint density at radius 2 is 1.87 bits per heavy atom. The van der Waals surface area contributed by atoms with Gasteiger partial charge in [0, 0.05) is 26.9 Å². The Morgan fingerprint density at radius 3 is 2.40 bits per heavy atom. The maximum absolute atomic E-state index is 10.6. The van der Waals surface area contributed by atoms with Crippen LogP contribution in [0, 0.1) is 0 Å². The van der Waals surface area contributed by atoms with Gasteiger partial charge in [-0.05, 0) is 12.8 Å². The lowest BCUT2D eigenvalue weighted by Crippen LogP contribution is -2.24. The summed E-state index contributed by atoms with van der Waals surface area (Å²) >= 11 is 0. The average Bonchev–Trinajstić information content (AvgIpc) is 2.28. The summed E-state index contributed by atoms with van der Waals surface area (Å²) in [5.41, 5.74) is 0. The molecule has 0 aliphatic carbocycles. The summed E-state index contributed by atoms with van der Waals surface area (Å²) in [6, 6.07) is 0. The maximum Gasteiger partial charge on any atom is 0.483 e. The molecule has 0 aromatic rings. The Morgan fingerprint density at radius 1 is 1.27 bits per heavy atom. The first-order chi connectivity index (χ1) is 7.24. The zero-order valence-corrected chi connectivity index (χ0v) is 10.4. The first-order valence-corrected chi connectivity index (χ1v) is 6.12. The minimum atomic E-state index is -1.89. The predicted molar refractivity (Wildman–Crippen MR) is 57.5 cm³/mol. The van der Waals surface area contributed by atoms with Crippen molar-refractivity contribution >= 4 is 15.5 Å². The third-order valence-electron chi connectivity index (χ3n) is 1.59. The van der Waals surface area contributed by atoms with Crippen LogP contribution in [0.1, 0.15) is 12.8 Å². The van der Waals surface area contributed by atoms with E-state index < -0.39 is 15.5 Å². The molecule has 0 amide bonds. The summed E-state index contributed by atoms with van der Waals surface area (Å²) in [4.78, 5) is 10.6. The van der Waals surface area contributed by atoms with E-state index in [9.17, 15) is 4.79 Å². The van der Waals surface area contributed by atoms with Crippen LogP contribution >= 0.6 is 0 Å². The van der Waals surface area contributed by atoms with E-state index in [2.05, 4.69) is 6.58 Å². The van der Waals surface area contributed by atoms with Crippen molar-refractivity contribution in [3.8, 4) is 0 Å². The van der Waals surface area contributed by atoms with Gasteiger partial charge in [-0.3, -0.25) is 0 Å². The fourth-order valence-electron chi connectivity index (χ4n) is 0.848. The molecule has 0 aliphatic rings. The monoisotopic (exact) mass is 234 g/mol. The van der Waals surface area contributed by atoms with Gasteiger partial charge >= 0.3 is 15.5 Å². The van der Waals surface area contributed by atoms with Crippen molar-refractivity contribution in [3.63, 3.8) is 0 Å². The average molecular weight is 234 g/mol. The lowest BCUT2D eigenvalue weighted by molar-refractivity contribution is -0.137. The van der Waals surface area contributed by atoms with Gasteiger partial charge in [0.1, 0.15) is 0 Å². The van der Waals surface area contributed by atoms with Crippen LogP contribution in [0.2, 0.25) is 0 Å². The molecule has 0 atom stereocenters. The minimum Gasteiger partial charge on any atom is -0.463 e. The number of hydrogen-bond acceptors (Lipinski definition) is 5. The number of unbranched alkanes of at least 4 members (excludes halogenated alkanes) is 1. The standard InChI is InChI=1S/C9H18O5Si/c1-4-9(10)13-7-5-6-8-14-15(11-2)12-3/h4,15H,1,5-8H2,2-3H3. The van der Waals surface area contributed by atoms with Crippen LogP contribution in [0.25, 0.3) is 0 Å². The normalized spacial score (nSPS) is 10.3. The van der Waals surface area contributed by atoms with Crippen molar-refractivity contribution in [1.82, 2.24) is 0 Å². The molecule has 0 rings (SSSR count). The van der Waals surface area contributed by atoms with Crippen LogP contribution in [0.15, 0.2) is 12.7 Å². The summed E-state index contributed by atoms with van der Waals surface area (Å²) in [7, 11) is 1.23. The zero-order chi connectivity index (χ0) is 11.5. The van der Waals surface area contributed by atoms with Gasteiger partial charge in [0.15, 0.2) is 0 Å². The molecular formula is C9H18O5Si. The quantitative estimate of drug-likeness (QED) is 0.252. The maximum atomic E-state index is 10.6. The molecule has 15 heavy (non-hydrogen) atoms. The lowest BCUT2D eigenvalue weighted by Gasteiger charge is -2.10. The highest BCUT2D eigenvalue weighted by atomic mass is 28.3. The Kier molecular flexibility index (Phi) is 9.39. The van der Waals surface area contributed by atoms with Crippen LogP contribution in [-0.4, -0.2) is 42.9 Å². The van der Waals surface area contributed by atoms with Gasteiger partial charge in [0.2, 0.25) is 0 Å². The van der Waals surface area contributed by atoms with Gasteiger partial charge in [-0.1, -0.05) is 6.58 Å². The molecule has 0 heterocycles. The minimum absolute atomic E-state index is 0.389. The summed E-state index contributed by atoms with van der Waals surface area (Å²) < 4.78 is 20.0. The number of hydrogen-bond donors (Lipinski definition) is 0. The molecule has 0 radical (unpaired) electrons. The van der Waals surface area contributed by atoms with Crippen LogP contribution < -0.4 is 0 Å². The highest BCUT2D eigenvalue weighted by Crippen LogP contribution is 1.95. The number of carbonyl (C=O) groups excluding carboxylic acids is 1. The van der Waals surface area contributed by atoms with Gasteiger partial charge in [0.25, 0.3) is 0 Å². The molecule has 88 valence electrons. The second-order valence-corrected chi connectivity index (χ2v) is 4.56. The van der Waals surface area contributed by atoms with Gasteiger partial charge in [-0.25, -0.2) is 4.79 Å². The van der Waals surface area contributed by atoms with Crippen molar-refractivity contribution in [2.75, 3.05) is 27.4 Å². The SMILES string of the molecule is C=CC(=O)OCCCCO[SiH](OC)OC. The largest absolute Gasteiger partial charge is 0.483 e. The van der Waals surface area contributed by atoms with Crippen LogP contribution in [0.5, 0.6) is 0 Å². The number of esters is 1. The van der Waals surface area contributed by atoms with Gasteiger partial charge in [-0.15, -0.1) is 0 Å². The van der Waals surface area contributed by atoms with E-state index in [4.69, 9.17) is 18.0 Å². The van der Waals surface area contributed by atoms with E-state index in [0.29, 0.717) is 13.2 Å². The van der Waals surface area contributed by atoms with Crippen molar-refractivity contribution in [1.29, 1.82) is 0 Å². The molecule has 0 aromatic carbocycles. The highest BCUT2D eigenvalue weighted by molar-refractivity contribution is 6.36. The first-order valence-electron chi connectivity index (χ1n) is 4.71. The molecule has 0 saturated carbocycles. The number of rotatable bonds is 9. The van der Waals surface area contributed by atoms with Gasteiger partial charge < -0.3 is 18.0 Å². The third kappa shape index (κ3) is 8.31. The van der Waals surface area contributed by atoms with Crippen molar-refractivity contribution in [2.24, 2.45) is 0 Å². The number of ether oxygens (including phenoxy) is 1. The summed E-state index contributed by atoms with van der Waals surface area (Å²) in [6.07, 6.45) is 2.71. The van der Waals surface area contributed by atoms with Crippen LogP contribution in [0.4, 0.5) is 0 Å². The number of carbonyl (C=O) groups is 1. The molecule has 0 spiro atoms. The Balaban J connectivity index is 3.24. The molecule has 6 heteroatoms. The predicted octanol–water partition coefficient (Wildman–Crippen LogP) is 0.522. The van der Waals surface area contributed by atoms with Crippen molar-refractivity contribution in [3.05, 3.63) is 12.7 Å². The van der Waals surface area contributed by atoms with Crippen molar-refractivity contribution in [2.45, 2.75) is 12.8 Å². The molecule has 0 aromatic heterocycles. The molecule has 0 fully saturated rings. The molecule has 5 nitrogen and oxygen atoms in total. The van der Waals surface area contributed by atoms with E-state index in [1.54, 1.807) is 14.2 Å². The molecule has 0 aliphatic heterocycles. The molecular weight excluding hydrogens is 216 g/mol.